The lowest BCUT2D eigenvalue weighted by atomic mass is 10.0. The van der Waals surface area contributed by atoms with E-state index in [0.29, 0.717) is 47.1 Å². The monoisotopic (exact) mass is 479 g/mol. The van der Waals surface area contributed by atoms with Crippen LogP contribution >= 0.6 is 0 Å². The first-order valence-corrected chi connectivity index (χ1v) is 13.5. The number of rotatable bonds is 5. The zero-order chi connectivity index (χ0) is 23.7. The number of halogens is 1. The van der Waals surface area contributed by atoms with E-state index in [4.69, 9.17) is 9.47 Å². The molecule has 0 radical (unpaired) electrons. The lowest BCUT2D eigenvalue weighted by Crippen LogP contribution is -2.25. The summed E-state index contributed by atoms with van der Waals surface area (Å²) >= 11 is 0. The molecular formula is C26H26FN3O3S. The van der Waals surface area contributed by atoms with Gasteiger partial charge in [-0.15, -0.1) is 0 Å². The number of nitrogens with zero attached hydrogens (tertiary/aromatic N) is 2. The fourth-order valence-electron chi connectivity index (χ4n) is 4.03. The Morgan fingerprint density at radius 1 is 1.00 bits per heavy atom. The number of hydrogen-bond donors (Lipinski definition) is 1. The summed E-state index contributed by atoms with van der Waals surface area (Å²) in [6.07, 6.45) is 4.98. The van der Waals surface area contributed by atoms with Crippen LogP contribution in [0.1, 0.15) is 12.8 Å². The van der Waals surface area contributed by atoms with E-state index >= 15 is 0 Å². The van der Waals surface area contributed by atoms with Crippen molar-refractivity contribution < 1.29 is 18.1 Å². The van der Waals surface area contributed by atoms with Gasteiger partial charge in [0.15, 0.2) is 11.7 Å². The molecule has 1 aliphatic rings. The van der Waals surface area contributed by atoms with Crippen LogP contribution < -0.4 is 4.74 Å². The molecule has 34 heavy (non-hydrogen) atoms. The molecule has 4 aromatic rings. The van der Waals surface area contributed by atoms with E-state index in [1.807, 2.05) is 54.6 Å². The van der Waals surface area contributed by atoms with Crippen molar-refractivity contribution >= 4 is 26.4 Å². The van der Waals surface area contributed by atoms with E-state index in [0.717, 1.165) is 24.0 Å². The second-order valence-corrected chi connectivity index (χ2v) is 11.3. The van der Waals surface area contributed by atoms with Crippen LogP contribution in [0.3, 0.4) is 0 Å². The van der Waals surface area contributed by atoms with Crippen molar-refractivity contribution in [3.63, 3.8) is 0 Å². The Balaban J connectivity index is 1.38. The zero-order valence-corrected chi connectivity index (χ0v) is 19.9. The molecule has 2 aromatic carbocycles. The zero-order valence-electron chi connectivity index (χ0n) is 19.1. The number of H-pyrrole nitrogens is 1. The van der Waals surface area contributed by atoms with E-state index in [-0.39, 0.29) is 6.10 Å². The second-order valence-electron chi connectivity index (χ2n) is 8.71. The van der Waals surface area contributed by atoms with E-state index in [1.165, 1.54) is 6.07 Å². The number of fused-ring (bicyclic) bond motifs is 1. The Kier molecular flexibility index (Phi) is 6.10. The molecule has 0 unspecified atom stereocenters. The van der Waals surface area contributed by atoms with Gasteiger partial charge in [0.25, 0.3) is 0 Å². The molecule has 3 heterocycles. The van der Waals surface area contributed by atoms with Crippen LogP contribution in [-0.2, 0) is 14.5 Å². The number of aromatic amines is 1. The summed E-state index contributed by atoms with van der Waals surface area (Å²) in [5, 5.41) is 0. The number of pyridine rings is 1. The fraction of sp³-hybridized carbons (Fsp3) is 0.269. The molecule has 0 bridgehead atoms. The van der Waals surface area contributed by atoms with E-state index in [9.17, 15) is 8.60 Å². The average Bonchev–Trinajstić information content (AvgIpc) is 3.20. The van der Waals surface area contributed by atoms with Crippen LogP contribution in [-0.4, -0.2) is 46.0 Å². The maximum absolute atomic E-state index is 14.9. The first-order chi connectivity index (χ1) is 16.3. The van der Waals surface area contributed by atoms with Crippen molar-refractivity contribution in [1.29, 1.82) is 0 Å². The molecule has 1 aliphatic heterocycles. The first-order valence-electron chi connectivity index (χ1n) is 11.2. The minimum atomic E-state index is -2.20. The Morgan fingerprint density at radius 3 is 2.26 bits per heavy atom. The van der Waals surface area contributed by atoms with Crippen LogP contribution in [0.5, 0.6) is 5.88 Å². The number of ether oxygens (including phenoxy) is 2. The highest BCUT2D eigenvalue weighted by atomic mass is 32.2. The van der Waals surface area contributed by atoms with Gasteiger partial charge in [0.2, 0.25) is 0 Å². The van der Waals surface area contributed by atoms with Gasteiger partial charge in [0.1, 0.15) is 11.8 Å². The van der Waals surface area contributed by atoms with Gasteiger partial charge in [0, 0.05) is 52.8 Å². The van der Waals surface area contributed by atoms with Gasteiger partial charge in [-0.2, -0.15) is 4.36 Å². The predicted octanol–water partition coefficient (Wildman–Crippen LogP) is 5.95. The van der Waals surface area contributed by atoms with Crippen molar-refractivity contribution in [3.05, 3.63) is 66.5 Å². The van der Waals surface area contributed by atoms with Gasteiger partial charge >= 0.3 is 0 Å². The predicted molar refractivity (Wildman–Crippen MR) is 133 cm³/mol. The summed E-state index contributed by atoms with van der Waals surface area (Å²) in [5.41, 5.74) is 4.92. The van der Waals surface area contributed by atoms with Crippen molar-refractivity contribution in [2.45, 2.75) is 18.9 Å². The normalized spacial score (nSPS) is 14.9. The molecular weight excluding hydrogens is 453 g/mol. The van der Waals surface area contributed by atoms with Gasteiger partial charge in [0.05, 0.1) is 29.9 Å². The summed E-state index contributed by atoms with van der Waals surface area (Å²) in [5.74, 6) is 0.201. The summed E-state index contributed by atoms with van der Waals surface area (Å²) in [7, 11) is -2.20. The summed E-state index contributed by atoms with van der Waals surface area (Å²) in [4.78, 5) is 7.68. The number of nitrogens with one attached hydrogen (secondary N) is 1. The third kappa shape index (κ3) is 5.13. The molecule has 8 heteroatoms. The molecule has 6 nitrogen and oxygen atoms in total. The van der Waals surface area contributed by atoms with Crippen molar-refractivity contribution in [2.24, 2.45) is 4.36 Å². The van der Waals surface area contributed by atoms with Crippen molar-refractivity contribution in [2.75, 3.05) is 25.7 Å². The van der Waals surface area contributed by atoms with Crippen LogP contribution in [0, 0.1) is 5.82 Å². The minimum absolute atomic E-state index is 0.0921. The number of aromatic nitrogens is 2. The maximum atomic E-state index is 14.9. The van der Waals surface area contributed by atoms with E-state index in [2.05, 4.69) is 14.3 Å². The fourth-order valence-corrected chi connectivity index (χ4v) is 4.66. The molecule has 1 saturated heterocycles. The Morgan fingerprint density at radius 2 is 1.62 bits per heavy atom. The number of benzene rings is 2. The molecule has 176 valence electrons. The molecule has 0 atom stereocenters. The van der Waals surface area contributed by atoms with Crippen molar-refractivity contribution in [3.8, 4) is 28.3 Å². The molecule has 0 amide bonds. The second kappa shape index (κ2) is 9.19. The van der Waals surface area contributed by atoms with Crippen LogP contribution in [0.15, 0.2) is 65.0 Å². The van der Waals surface area contributed by atoms with Gasteiger partial charge < -0.3 is 14.5 Å². The highest BCUT2D eigenvalue weighted by Gasteiger charge is 2.17. The molecule has 0 spiro atoms. The van der Waals surface area contributed by atoms with E-state index in [1.54, 1.807) is 12.5 Å². The SMILES string of the molecule is CS(C)(=O)=Nc1ccc(-c2ccc(-c3nc4cc(OC5CCOCC5)[nH]c4cc3F)cc2)cc1. The molecule has 0 aliphatic carbocycles. The molecule has 2 aromatic heterocycles. The lowest BCUT2D eigenvalue weighted by molar-refractivity contribution is 0.0240. The molecule has 1 N–H and O–H groups in total. The Bertz CT molecular complexity index is 1420. The molecule has 0 saturated carbocycles. The average molecular weight is 480 g/mol. The largest absolute Gasteiger partial charge is 0.475 e. The van der Waals surface area contributed by atoms with Gasteiger partial charge in [-0.25, -0.2) is 13.6 Å². The van der Waals surface area contributed by atoms with Crippen LogP contribution in [0.2, 0.25) is 0 Å². The summed E-state index contributed by atoms with van der Waals surface area (Å²) in [6, 6.07) is 18.4. The summed E-state index contributed by atoms with van der Waals surface area (Å²) < 4.78 is 42.4. The Hall–Kier alpha value is -3.23. The van der Waals surface area contributed by atoms with Gasteiger partial charge in [-0.3, -0.25) is 0 Å². The van der Waals surface area contributed by atoms with Gasteiger partial charge in [-0.05, 0) is 23.3 Å². The molecule has 1 fully saturated rings. The molecule has 5 rings (SSSR count). The topological polar surface area (TPSA) is 76.6 Å². The highest BCUT2D eigenvalue weighted by molar-refractivity contribution is 7.92. The highest BCUT2D eigenvalue weighted by Crippen LogP contribution is 2.30. The lowest BCUT2D eigenvalue weighted by Gasteiger charge is -2.22. The number of hydrogen-bond acceptors (Lipinski definition) is 5. The smallest absolute Gasteiger partial charge is 0.193 e. The third-order valence-corrected chi connectivity index (χ3v) is 6.33. The van der Waals surface area contributed by atoms with Crippen LogP contribution in [0.4, 0.5) is 10.1 Å². The van der Waals surface area contributed by atoms with Crippen molar-refractivity contribution in [1.82, 2.24) is 9.97 Å². The van der Waals surface area contributed by atoms with Crippen LogP contribution in [0.25, 0.3) is 33.4 Å². The first kappa shape index (κ1) is 22.6. The third-order valence-electron chi connectivity index (χ3n) is 5.68. The Labute approximate surface area is 198 Å². The standard InChI is InChI=1S/C26H26FN3O3S/c1-34(2,31)30-20-9-7-18(8-10-20)17-3-5-19(6-4-17)26-22(27)15-23-24(29-26)16-25(28-23)33-21-11-13-32-14-12-21/h3-10,15-16,21,28H,11-14H2,1-2H3. The quantitative estimate of drug-likeness (QED) is 0.384. The maximum Gasteiger partial charge on any atom is 0.193 e. The van der Waals surface area contributed by atoms with E-state index < -0.39 is 15.5 Å². The summed E-state index contributed by atoms with van der Waals surface area (Å²) in [6.45, 7) is 1.38. The van der Waals surface area contributed by atoms with Gasteiger partial charge in [-0.1, -0.05) is 36.4 Å². The minimum Gasteiger partial charge on any atom is -0.475 e.